The lowest BCUT2D eigenvalue weighted by molar-refractivity contribution is -0.121. The second-order valence-corrected chi connectivity index (χ2v) is 5.48. The van der Waals surface area contributed by atoms with Crippen LogP contribution in [0.5, 0.6) is 0 Å². The molecule has 1 unspecified atom stereocenters. The van der Waals surface area contributed by atoms with E-state index < -0.39 is 0 Å². The minimum absolute atomic E-state index is 0.463. The van der Waals surface area contributed by atoms with Crippen LogP contribution in [0, 0.1) is 17.3 Å². The predicted molar refractivity (Wildman–Crippen MR) is 55.0 cm³/mol. The van der Waals surface area contributed by atoms with Gasteiger partial charge in [0.05, 0.1) is 0 Å². The van der Waals surface area contributed by atoms with E-state index in [-0.39, 0.29) is 0 Å². The molecule has 2 saturated carbocycles. The first kappa shape index (κ1) is 8.90. The first-order valence-corrected chi connectivity index (χ1v) is 6.04. The zero-order valence-electron chi connectivity index (χ0n) is 8.72. The second kappa shape index (κ2) is 3.06. The molecule has 0 bridgehead atoms. The SMILES string of the molecule is O=C(CC1CC1)C1CC12CCNCC2. The van der Waals surface area contributed by atoms with Crippen molar-refractivity contribution in [2.45, 2.75) is 38.5 Å². The molecule has 2 nitrogen and oxygen atoms in total. The molecule has 0 aromatic rings. The number of hydrogen-bond donors (Lipinski definition) is 1. The molecule has 1 N–H and O–H groups in total. The highest BCUT2D eigenvalue weighted by Gasteiger charge is 2.57. The summed E-state index contributed by atoms with van der Waals surface area (Å²) in [5, 5.41) is 3.38. The van der Waals surface area contributed by atoms with E-state index in [0.717, 1.165) is 25.4 Å². The number of nitrogens with one attached hydrogen (secondary N) is 1. The van der Waals surface area contributed by atoms with E-state index in [4.69, 9.17) is 0 Å². The molecular formula is C12H19NO. The molecule has 2 heteroatoms. The Bertz CT molecular complexity index is 251. The summed E-state index contributed by atoms with van der Waals surface area (Å²) in [4.78, 5) is 11.9. The third-order valence-electron chi connectivity index (χ3n) is 4.36. The smallest absolute Gasteiger partial charge is 0.136 e. The molecule has 0 aromatic heterocycles. The van der Waals surface area contributed by atoms with Crippen molar-refractivity contribution in [1.82, 2.24) is 5.32 Å². The van der Waals surface area contributed by atoms with E-state index in [1.165, 1.54) is 32.1 Å². The van der Waals surface area contributed by atoms with Gasteiger partial charge in [-0.15, -0.1) is 0 Å². The van der Waals surface area contributed by atoms with Crippen LogP contribution in [-0.2, 0) is 4.79 Å². The normalized spacial score (nSPS) is 34.4. The molecule has 1 spiro atoms. The lowest BCUT2D eigenvalue weighted by Gasteiger charge is -2.23. The van der Waals surface area contributed by atoms with Crippen LogP contribution in [0.15, 0.2) is 0 Å². The molecular weight excluding hydrogens is 174 g/mol. The zero-order chi connectivity index (χ0) is 9.60. The van der Waals surface area contributed by atoms with Crippen molar-refractivity contribution in [3.05, 3.63) is 0 Å². The summed E-state index contributed by atoms with van der Waals surface area (Å²) in [6.07, 6.45) is 7.22. The quantitative estimate of drug-likeness (QED) is 0.739. The van der Waals surface area contributed by atoms with Gasteiger partial charge in [0.25, 0.3) is 0 Å². The molecule has 1 aliphatic heterocycles. The van der Waals surface area contributed by atoms with Gasteiger partial charge in [0.1, 0.15) is 5.78 Å². The number of rotatable bonds is 3. The van der Waals surface area contributed by atoms with Crippen LogP contribution in [0.4, 0.5) is 0 Å². The number of hydrogen-bond acceptors (Lipinski definition) is 2. The second-order valence-electron chi connectivity index (χ2n) is 5.48. The maximum absolute atomic E-state index is 11.9. The van der Waals surface area contributed by atoms with Crippen molar-refractivity contribution in [1.29, 1.82) is 0 Å². The van der Waals surface area contributed by atoms with Crippen molar-refractivity contribution < 1.29 is 4.79 Å². The van der Waals surface area contributed by atoms with Gasteiger partial charge in [0, 0.05) is 12.3 Å². The van der Waals surface area contributed by atoms with Crippen LogP contribution in [0.25, 0.3) is 0 Å². The number of piperidine rings is 1. The maximum atomic E-state index is 11.9. The largest absolute Gasteiger partial charge is 0.317 e. The third kappa shape index (κ3) is 1.50. The molecule has 2 aliphatic carbocycles. The predicted octanol–water partition coefficient (Wildman–Crippen LogP) is 1.75. The van der Waals surface area contributed by atoms with Gasteiger partial charge in [0.15, 0.2) is 0 Å². The van der Waals surface area contributed by atoms with Crippen LogP contribution >= 0.6 is 0 Å². The number of carbonyl (C=O) groups is 1. The summed E-state index contributed by atoms with van der Waals surface area (Å²) in [6.45, 7) is 2.26. The average molecular weight is 193 g/mol. The number of carbonyl (C=O) groups excluding carboxylic acids is 1. The summed E-state index contributed by atoms with van der Waals surface area (Å²) in [5.41, 5.74) is 0.469. The van der Waals surface area contributed by atoms with Gasteiger partial charge in [-0.3, -0.25) is 4.79 Å². The molecule has 0 aromatic carbocycles. The zero-order valence-corrected chi connectivity index (χ0v) is 8.72. The Labute approximate surface area is 85.4 Å². The molecule has 0 amide bonds. The van der Waals surface area contributed by atoms with Crippen molar-refractivity contribution in [2.24, 2.45) is 17.3 Å². The van der Waals surface area contributed by atoms with E-state index in [1.54, 1.807) is 0 Å². The van der Waals surface area contributed by atoms with Crippen molar-refractivity contribution in [2.75, 3.05) is 13.1 Å². The van der Waals surface area contributed by atoms with Crippen LogP contribution in [0.3, 0.4) is 0 Å². The first-order chi connectivity index (χ1) is 6.80. The van der Waals surface area contributed by atoms with Gasteiger partial charge in [-0.2, -0.15) is 0 Å². The van der Waals surface area contributed by atoms with E-state index in [9.17, 15) is 4.79 Å². The van der Waals surface area contributed by atoms with Gasteiger partial charge in [-0.05, 0) is 56.5 Å². The van der Waals surface area contributed by atoms with Crippen LogP contribution in [0.1, 0.15) is 38.5 Å². The minimum atomic E-state index is 0.463. The van der Waals surface area contributed by atoms with Crippen LogP contribution in [0.2, 0.25) is 0 Å². The fourth-order valence-corrected chi connectivity index (χ4v) is 3.03. The molecule has 1 saturated heterocycles. The molecule has 78 valence electrons. The summed E-state index contributed by atoms with van der Waals surface area (Å²) >= 11 is 0. The monoisotopic (exact) mass is 193 g/mol. The Morgan fingerprint density at radius 1 is 1.29 bits per heavy atom. The molecule has 3 fully saturated rings. The van der Waals surface area contributed by atoms with Gasteiger partial charge >= 0.3 is 0 Å². The van der Waals surface area contributed by atoms with Gasteiger partial charge in [0.2, 0.25) is 0 Å². The summed E-state index contributed by atoms with van der Waals surface area (Å²) in [5.74, 6) is 1.83. The van der Waals surface area contributed by atoms with E-state index in [0.29, 0.717) is 17.1 Å². The Balaban J connectivity index is 1.57. The van der Waals surface area contributed by atoms with Gasteiger partial charge in [-0.1, -0.05) is 0 Å². The Kier molecular flexibility index (Phi) is 1.94. The fourth-order valence-electron chi connectivity index (χ4n) is 3.03. The molecule has 3 aliphatic rings. The van der Waals surface area contributed by atoms with Crippen LogP contribution in [-0.4, -0.2) is 18.9 Å². The number of Topliss-reactive ketones (excluding diaryl/α,β-unsaturated/α-hetero) is 1. The molecule has 1 atom stereocenters. The molecule has 14 heavy (non-hydrogen) atoms. The Morgan fingerprint density at radius 3 is 2.64 bits per heavy atom. The highest BCUT2D eigenvalue weighted by molar-refractivity contribution is 5.85. The number of ketones is 1. The standard InChI is InChI=1S/C12H19NO/c14-11(7-9-1-2-9)10-8-12(10)3-5-13-6-4-12/h9-10,13H,1-8H2. The van der Waals surface area contributed by atoms with Crippen LogP contribution < -0.4 is 5.32 Å². The summed E-state index contributed by atoms with van der Waals surface area (Å²) in [7, 11) is 0. The Hall–Kier alpha value is -0.370. The molecule has 0 radical (unpaired) electrons. The highest BCUT2D eigenvalue weighted by atomic mass is 16.1. The van der Waals surface area contributed by atoms with Crippen molar-refractivity contribution in [3.8, 4) is 0 Å². The first-order valence-electron chi connectivity index (χ1n) is 6.04. The van der Waals surface area contributed by atoms with Gasteiger partial charge < -0.3 is 5.32 Å². The van der Waals surface area contributed by atoms with Gasteiger partial charge in [-0.25, -0.2) is 0 Å². The summed E-state index contributed by atoms with van der Waals surface area (Å²) in [6, 6.07) is 0. The Morgan fingerprint density at radius 2 is 2.00 bits per heavy atom. The molecule has 1 heterocycles. The lowest BCUT2D eigenvalue weighted by atomic mass is 9.90. The molecule has 3 rings (SSSR count). The highest BCUT2D eigenvalue weighted by Crippen LogP contribution is 2.59. The van der Waals surface area contributed by atoms with E-state index >= 15 is 0 Å². The van der Waals surface area contributed by atoms with Crippen molar-refractivity contribution in [3.63, 3.8) is 0 Å². The van der Waals surface area contributed by atoms with E-state index in [2.05, 4.69) is 5.32 Å². The van der Waals surface area contributed by atoms with Crippen molar-refractivity contribution >= 4 is 5.78 Å². The lowest BCUT2D eigenvalue weighted by Crippen LogP contribution is -2.30. The maximum Gasteiger partial charge on any atom is 0.136 e. The minimum Gasteiger partial charge on any atom is -0.317 e. The fraction of sp³-hybridized carbons (Fsp3) is 0.917. The third-order valence-corrected chi connectivity index (χ3v) is 4.36. The summed E-state index contributed by atoms with van der Waals surface area (Å²) < 4.78 is 0. The average Bonchev–Trinajstić information content (AvgIpc) is 3.06. The van der Waals surface area contributed by atoms with E-state index in [1.807, 2.05) is 0 Å². The topological polar surface area (TPSA) is 29.1 Å².